The Morgan fingerprint density at radius 3 is 2.52 bits per heavy atom. The Balaban J connectivity index is 2.76. The largest absolute Gasteiger partial charge is 0.505 e. The number of hydrogen-bond donors (Lipinski definition) is 3. The van der Waals surface area contributed by atoms with E-state index >= 15 is 0 Å². The van der Waals surface area contributed by atoms with Crippen molar-refractivity contribution in [3.63, 3.8) is 0 Å². The van der Waals surface area contributed by atoms with Crippen molar-refractivity contribution in [3.8, 4) is 5.75 Å². The molecule has 0 saturated carbocycles. The summed E-state index contributed by atoms with van der Waals surface area (Å²) in [5.74, 6) is -2.22. The molecule has 1 aromatic carbocycles. The van der Waals surface area contributed by atoms with Gasteiger partial charge in [0.25, 0.3) is 0 Å². The molecule has 0 aromatic heterocycles. The second kappa shape index (κ2) is 7.80. The van der Waals surface area contributed by atoms with Crippen LogP contribution in [0.5, 0.6) is 5.75 Å². The molecule has 7 heteroatoms. The zero-order valence-electron chi connectivity index (χ0n) is 13.4. The van der Waals surface area contributed by atoms with Crippen molar-refractivity contribution >= 4 is 12.1 Å². The first kappa shape index (κ1) is 18.7. The van der Waals surface area contributed by atoms with E-state index in [4.69, 9.17) is 9.84 Å². The Labute approximate surface area is 134 Å². The molecule has 128 valence electrons. The van der Waals surface area contributed by atoms with Crippen LogP contribution in [0.1, 0.15) is 39.2 Å². The number of carbonyl (C=O) groups is 2. The molecule has 0 spiro atoms. The minimum absolute atomic E-state index is 0.138. The average molecular weight is 327 g/mol. The van der Waals surface area contributed by atoms with Gasteiger partial charge in [-0.15, -0.1) is 0 Å². The van der Waals surface area contributed by atoms with Gasteiger partial charge in [0.15, 0.2) is 11.6 Å². The number of nitrogens with one attached hydrogen (secondary N) is 1. The monoisotopic (exact) mass is 327 g/mol. The third kappa shape index (κ3) is 7.49. The van der Waals surface area contributed by atoms with Gasteiger partial charge in [-0.2, -0.15) is 0 Å². The molecule has 1 unspecified atom stereocenters. The van der Waals surface area contributed by atoms with Crippen LogP contribution in [0.15, 0.2) is 18.2 Å². The lowest BCUT2D eigenvalue weighted by atomic mass is 10.0. The predicted octanol–water partition coefficient (Wildman–Crippen LogP) is 2.83. The van der Waals surface area contributed by atoms with Gasteiger partial charge in [-0.3, -0.25) is 4.79 Å². The maximum atomic E-state index is 13.4. The molecule has 0 radical (unpaired) electrons. The molecule has 0 saturated heterocycles. The van der Waals surface area contributed by atoms with Crippen LogP contribution in [-0.4, -0.2) is 33.9 Å². The number of benzene rings is 1. The molecule has 3 N–H and O–H groups in total. The minimum atomic E-state index is -0.988. The number of halogens is 1. The van der Waals surface area contributed by atoms with E-state index in [1.54, 1.807) is 20.8 Å². The van der Waals surface area contributed by atoms with Gasteiger partial charge in [-0.05, 0) is 51.3 Å². The standard InChI is InChI=1S/C16H22FNO5/c1-16(2,3)23-15(22)18-11(5-7-14(20)21)8-10-4-6-13(19)12(17)9-10/h4,6,9,11,19H,5,7-8H2,1-3H3,(H,18,22)(H,20,21). The van der Waals surface area contributed by atoms with E-state index in [-0.39, 0.29) is 19.3 Å². The van der Waals surface area contributed by atoms with Crippen molar-refractivity contribution in [3.05, 3.63) is 29.6 Å². The van der Waals surface area contributed by atoms with E-state index in [9.17, 15) is 19.1 Å². The number of ether oxygens (including phenoxy) is 1. The summed E-state index contributed by atoms with van der Waals surface area (Å²) in [6, 6.07) is 3.36. The molecule has 0 aliphatic carbocycles. The summed E-state index contributed by atoms with van der Waals surface area (Å²) in [6.07, 6.45) is -0.394. The van der Waals surface area contributed by atoms with Crippen molar-refractivity contribution in [1.29, 1.82) is 0 Å². The second-order valence-corrected chi connectivity index (χ2v) is 6.27. The van der Waals surface area contributed by atoms with Crippen molar-refractivity contribution < 1.29 is 28.9 Å². The van der Waals surface area contributed by atoms with Gasteiger partial charge in [0, 0.05) is 12.5 Å². The van der Waals surface area contributed by atoms with Gasteiger partial charge < -0.3 is 20.3 Å². The molecule has 1 atom stereocenters. The normalized spacial score (nSPS) is 12.5. The highest BCUT2D eigenvalue weighted by atomic mass is 19.1. The van der Waals surface area contributed by atoms with Gasteiger partial charge in [-0.1, -0.05) is 6.07 Å². The molecule has 1 amide bonds. The van der Waals surface area contributed by atoms with Crippen LogP contribution >= 0.6 is 0 Å². The predicted molar refractivity (Wildman–Crippen MR) is 81.8 cm³/mol. The fourth-order valence-corrected chi connectivity index (χ4v) is 1.96. The lowest BCUT2D eigenvalue weighted by Gasteiger charge is -2.23. The van der Waals surface area contributed by atoms with E-state index in [1.807, 2.05) is 0 Å². The van der Waals surface area contributed by atoms with Crippen LogP contribution in [-0.2, 0) is 16.0 Å². The fourth-order valence-electron chi connectivity index (χ4n) is 1.96. The van der Waals surface area contributed by atoms with E-state index in [0.717, 1.165) is 6.07 Å². The third-order valence-corrected chi connectivity index (χ3v) is 2.92. The minimum Gasteiger partial charge on any atom is -0.505 e. The smallest absolute Gasteiger partial charge is 0.407 e. The number of phenolic OH excluding ortho intramolecular Hbond substituents is 1. The van der Waals surface area contributed by atoms with Crippen molar-refractivity contribution in [2.24, 2.45) is 0 Å². The number of aliphatic carboxylic acids is 1. The first-order chi connectivity index (χ1) is 10.6. The molecule has 23 heavy (non-hydrogen) atoms. The zero-order valence-corrected chi connectivity index (χ0v) is 13.4. The number of alkyl carbamates (subject to hydrolysis) is 1. The Kier molecular flexibility index (Phi) is 6.36. The van der Waals surface area contributed by atoms with E-state index in [0.29, 0.717) is 5.56 Å². The average Bonchev–Trinajstić information content (AvgIpc) is 2.38. The summed E-state index contributed by atoms with van der Waals surface area (Å²) in [6.45, 7) is 5.15. The molecule has 1 rings (SSSR count). The summed E-state index contributed by atoms with van der Waals surface area (Å²) in [5.41, 5.74) is -0.141. The summed E-state index contributed by atoms with van der Waals surface area (Å²) >= 11 is 0. The highest BCUT2D eigenvalue weighted by Gasteiger charge is 2.20. The number of hydrogen-bond acceptors (Lipinski definition) is 4. The van der Waals surface area contributed by atoms with Crippen LogP contribution < -0.4 is 5.32 Å². The molecule has 0 bridgehead atoms. The SMILES string of the molecule is CC(C)(C)OC(=O)NC(CCC(=O)O)Cc1ccc(O)c(F)c1. The lowest BCUT2D eigenvalue weighted by molar-refractivity contribution is -0.137. The van der Waals surface area contributed by atoms with Crippen molar-refractivity contribution in [2.75, 3.05) is 0 Å². The maximum Gasteiger partial charge on any atom is 0.407 e. The van der Waals surface area contributed by atoms with Crippen molar-refractivity contribution in [1.82, 2.24) is 5.32 Å². The lowest BCUT2D eigenvalue weighted by Crippen LogP contribution is -2.40. The Bertz CT molecular complexity index is 568. The number of rotatable bonds is 6. The quantitative estimate of drug-likeness (QED) is 0.746. The van der Waals surface area contributed by atoms with Crippen LogP contribution in [0.3, 0.4) is 0 Å². The fraction of sp³-hybridized carbons (Fsp3) is 0.500. The molecule has 1 aromatic rings. The van der Waals surface area contributed by atoms with Crippen molar-refractivity contribution in [2.45, 2.75) is 51.7 Å². The van der Waals surface area contributed by atoms with Crippen LogP contribution in [0.4, 0.5) is 9.18 Å². The van der Waals surface area contributed by atoms with Gasteiger partial charge >= 0.3 is 12.1 Å². The zero-order chi connectivity index (χ0) is 17.6. The Morgan fingerprint density at radius 2 is 2.00 bits per heavy atom. The highest BCUT2D eigenvalue weighted by Crippen LogP contribution is 2.18. The summed E-state index contributed by atoms with van der Waals surface area (Å²) in [4.78, 5) is 22.6. The molecule has 6 nitrogen and oxygen atoms in total. The molecule has 0 fully saturated rings. The van der Waals surface area contributed by atoms with E-state index in [1.165, 1.54) is 12.1 Å². The third-order valence-electron chi connectivity index (χ3n) is 2.92. The maximum absolute atomic E-state index is 13.4. The number of carboxylic acids is 1. The van der Waals surface area contributed by atoms with Gasteiger partial charge in [0.2, 0.25) is 0 Å². The summed E-state index contributed by atoms with van der Waals surface area (Å²) in [7, 11) is 0. The van der Waals surface area contributed by atoms with Crippen LogP contribution in [0.2, 0.25) is 0 Å². The topological polar surface area (TPSA) is 95.9 Å². The molecular weight excluding hydrogens is 305 g/mol. The van der Waals surface area contributed by atoms with Gasteiger partial charge in [0.05, 0.1) is 0 Å². The number of amides is 1. The van der Waals surface area contributed by atoms with Crippen LogP contribution in [0, 0.1) is 5.82 Å². The number of carboxylic acid groups (broad SMARTS) is 1. The Morgan fingerprint density at radius 1 is 1.35 bits per heavy atom. The number of carbonyl (C=O) groups excluding carboxylic acids is 1. The first-order valence-corrected chi connectivity index (χ1v) is 7.25. The highest BCUT2D eigenvalue weighted by molar-refractivity contribution is 5.69. The summed E-state index contributed by atoms with van der Waals surface area (Å²) in [5, 5.41) is 20.6. The molecular formula is C16H22FNO5. The molecule has 0 heterocycles. The van der Waals surface area contributed by atoms with Crippen LogP contribution in [0.25, 0.3) is 0 Å². The first-order valence-electron chi connectivity index (χ1n) is 7.25. The van der Waals surface area contributed by atoms with Gasteiger partial charge in [-0.25, -0.2) is 9.18 Å². The second-order valence-electron chi connectivity index (χ2n) is 6.27. The Hall–Kier alpha value is -2.31. The molecule has 0 aliphatic rings. The number of aromatic hydroxyl groups is 1. The van der Waals surface area contributed by atoms with Gasteiger partial charge in [0.1, 0.15) is 5.60 Å². The van der Waals surface area contributed by atoms with E-state index < -0.39 is 35.3 Å². The van der Waals surface area contributed by atoms with E-state index in [2.05, 4.69) is 5.32 Å². The molecule has 0 aliphatic heterocycles. The summed E-state index contributed by atoms with van der Waals surface area (Å²) < 4.78 is 18.5. The number of phenols is 1.